The predicted octanol–water partition coefficient (Wildman–Crippen LogP) is -7.83. The minimum absolute atomic E-state index is 0.640. The van der Waals surface area contributed by atoms with Crippen LogP contribution in [0.4, 0.5) is 0 Å². The summed E-state index contributed by atoms with van der Waals surface area (Å²) >= 11 is 0. The zero-order chi connectivity index (χ0) is 28.0. The molecule has 2 heterocycles. The molecule has 2 aliphatic rings. The molecule has 0 unspecified atom stereocenters. The van der Waals surface area contributed by atoms with E-state index in [1.807, 2.05) is 0 Å². The van der Waals surface area contributed by atoms with Crippen molar-refractivity contribution in [2.24, 2.45) is 5.73 Å². The van der Waals surface area contributed by atoms with E-state index in [0.717, 1.165) is 6.92 Å². The number of rotatable bonds is 12. The maximum absolute atomic E-state index is 11.4. The first-order valence-electron chi connectivity index (χ1n) is 11.6. The molecular formula is C20H38N2O15. The smallest absolute Gasteiger partial charge is 0.217 e. The Morgan fingerprint density at radius 2 is 1.46 bits per heavy atom. The van der Waals surface area contributed by atoms with E-state index < -0.39 is 118 Å². The molecule has 14 atom stereocenters. The van der Waals surface area contributed by atoms with Gasteiger partial charge in [-0.1, -0.05) is 0 Å². The number of carbonyl (C=O) groups is 1. The highest BCUT2D eigenvalue weighted by Crippen LogP contribution is 2.30. The van der Waals surface area contributed by atoms with Crippen molar-refractivity contribution in [3.05, 3.63) is 0 Å². The van der Waals surface area contributed by atoms with Crippen molar-refractivity contribution in [2.75, 3.05) is 26.4 Å². The van der Waals surface area contributed by atoms with Gasteiger partial charge in [-0.05, 0) is 0 Å². The quantitative estimate of drug-likeness (QED) is 0.108. The summed E-state index contributed by atoms with van der Waals surface area (Å²) in [6, 6.07) is -2.77. The monoisotopic (exact) mass is 546 g/mol. The second kappa shape index (κ2) is 14.3. The van der Waals surface area contributed by atoms with Gasteiger partial charge in [0.25, 0.3) is 0 Å². The molecule has 218 valence electrons. The molecule has 0 saturated carbocycles. The number of hydrogen-bond acceptors (Lipinski definition) is 16. The highest BCUT2D eigenvalue weighted by molar-refractivity contribution is 5.73. The Hall–Kier alpha value is -1.13. The Kier molecular flexibility index (Phi) is 12.4. The molecule has 0 aromatic rings. The summed E-state index contributed by atoms with van der Waals surface area (Å²) in [4.78, 5) is 11.4. The second-order valence-corrected chi connectivity index (χ2v) is 8.92. The van der Waals surface area contributed by atoms with Crippen LogP contribution in [0.1, 0.15) is 6.92 Å². The van der Waals surface area contributed by atoms with Crippen LogP contribution in [0.25, 0.3) is 0 Å². The Morgan fingerprint density at radius 1 is 0.892 bits per heavy atom. The molecule has 2 aliphatic heterocycles. The second-order valence-electron chi connectivity index (χ2n) is 8.92. The lowest BCUT2D eigenvalue weighted by Gasteiger charge is -2.47. The molecule has 0 aromatic heterocycles. The Balaban J connectivity index is 2.27. The summed E-state index contributed by atoms with van der Waals surface area (Å²) in [5.41, 5.74) is 5.84. The number of nitrogens with one attached hydrogen (secondary N) is 1. The highest BCUT2D eigenvalue weighted by atomic mass is 16.7. The van der Waals surface area contributed by atoms with Gasteiger partial charge in [0, 0.05) is 6.92 Å². The van der Waals surface area contributed by atoms with Gasteiger partial charge < -0.3 is 81.1 Å². The van der Waals surface area contributed by atoms with Gasteiger partial charge in [-0.25, -0.2) is 0 Å². The minimum Gasteiger partial charge on any atom is -0.394 e. The van der Waals surface area contributed by atoms with E-state index in [9.17, 15) is 55.9 Å². The molecule has 0 aliphatic carbocycles. The van der Waals surface area contributed by atoms with Gasteiger partial charge in [-0.15, -0.1) is 0 Å². The third-order valence-electron chi connectivity index (χ3n) is 6.23. The van der Waals surface area contributed by atoms with Gasteiger partial charge in [0.1, 0.15) is 61.0 Å². The molecule has 2 fully saturated rings. The lowest BCUT2D eigenvalue weighted by Crippen LogP contribution is -2.67. The number of aliphatic hydroxyl groups is 10. The molecule has 17 nitrogen and oxygen atoms in total. The van der Waals surface area contributed by atoms with E-state index in [4.69, 9.17) is 24.7 Å². The van der Waals surface area contributed by atoms with Gasteiger partial charge >= 0.3 is 0 Å². The van der Waals surface area contributed by atoms with Gasteiger partial charge in [0.05, 0.1) is 38.5 Å². The number of aliphatic hydroxyl groups excluding tert-OH is 10. The summed E-state index contributed by atoms with van der Waals surface area (Å²) < 4.78 is 21.7. The van der Waals surface area contributed by atoms with Crippen LogP contribution < -0.4 is 11.1 Å². The normalized spacial score (nSPS) is 40.0. The van der Waals surface area contributed by atoms with Crippen molar-refractivity contribution < 1.29 is 74.8 Å². The number of nitrogens with two attached hydrogens (primary N) is 1. The fourth-order valence-corrected chi connectivity index (χ4v) is 4.09. The van der Waals surface area contributed by atoms with Crippen LogP contribution in [0.3, 0.4) is 0 Å². The lowest BCUT2D eigenvalue weighted by molar-refractivity contribution is -0.357. The van der Waals surface area contributed by atoms with E-state index >= 15 is 0 Å². The highest BCUT2D eigenvalue weighted by Gasteiger charge is 2.51. The number of ether oxygens (including phenoxy) is 4. The van der Waals surface area contributed by atoms with Crippen molar-refractivity contribution in [1.82, 2.24) is 5.32 Å². The number of carbonyl (C=O) groups excluding carboxylic acids is 1. The summed E-state index contributed by atoms with van der Waals surface area (Å²) in [7, 11) is 0. The third-order valence-corrected chi connectivity index (χ3v) is 6.23. The third kappa shape index (κ3) is 7.50. The fourth-order valence-electron chi connectivity index (χ4n) is 4.09. The predicted molar refractivity (Wildman–Crippen MR) is 117 cm³/mol. The maximum Gasteiger partial charge on any atom is 0.217 e. The maximum atomic E-state index is 11.4. The van der Waals surface area contributed by atoms with Gasteiger partial charge in [0.2, 0.25) is 5.91 Å². The van der Waals surface area contributed by atoms with Crippen LogP contribution in [0.15, 0.2) is 0 Å². The van der Waals surface area contributed by atoms with E-state index in [0.29, 0.717) is 0 Å². The Labute approximate surface area is 211 Å². The SMILES string of the molecule is CC(=O)N[C@@H](CO)[C@@H](O)[C@H](O[C@@H]1O[C@H](CO)[C@H](O)[C@H](O[C@@H]2O[C@H](CO)[C@@H](O)[C@H](O)[C@H]2N)[C@H]1O)[C@H](O)CO. The first-order valence-corrected chi connectivity index (χ1v) is 11.6. The van der Waals surface area contributed by atoms with E-state index in [-0.39, 0.29) is 0 Å². The fraction of sp³-hybridized carbons (Fsp3) is 0.950. The van der Waals surface area contributed by atoms with Crippen LogP contribution in [-0.4, -0.2) is 169 Å². The van der Waals surface area contributed by atoms with Crippen molar-refractivity contribution >= 4 is 5.91 Å². The largest absolute Gasteiger partial charge is 0.394 e. The zero-order valence-electron chi connectivity index (χ0n) is 20.0. The molecule has 37 heavy (non-hydrogen) atoms. The van der Waals surface area contributed by atoms with Crippen molar-refractivity contribution in [2.45, 2.75) is 92.6 Å². The number of amides is 1. The van der Waals surface area contributed by atoms with Crippen molar-refractivity contribution in [1.29, 1.82) is 0 Å². The van der Waals surface area contributed by atoms with E-state index in [1.165, 1.54) is 0 Å². The average Bonchev–Trinajstić information content (AvgIpc) is 2.88. The summed E-state index contributed by atoms with van der Waals surface area (Å²) in [6.07, 6.45) is -20.2. The number of hydrogen-bond donors (Lipinski definition) is 12. The van der Waals surface area contributed by atoms with Crippen LogP contribution in [0, 0.1) is 0 Å². The van der Waals surface area contributed by atoms with E-state index in [1.54, 1.807) is 0 Å². The molecule has 0 aromatic carbocycles. The van der Waals surface area contributed by atoms with Crippen LogP contribution in [-0.2, 0) is 23.7 Å². The first-order chi connectivity index (χ1) is 17.4. The molecular weight excluding hydrogens is 508 g/mol. The molecule has 2 saturated heterocycles. The Morgan fingerprint density at radius 3 is 1.97 bits per heavy atom. The van der Waals surface area contributed by atoms with Crippen molar-refractivity contribution in [3.8, 4) is 0 Å². The van der Waals surface area contributed by atoms with Crippen molar-refractivity contribution in [3.63, 3.8) is 0 Å². The van der Waals surface area contributed by atoms with E-state index in [2.05, 4.69) is 5.32 Å². The minimum atomic E-state index is -1.93. The van der Waals surface area contributed by atoms with Gasteiger partial charge in [-0.2, -0.15) is 0 Å². The molecule has 1 amide bonds. The lowest BCUT2D eigenvalue weighted by atomic mass is 9.96. The Bertz CT molecular complexity index is 705. The summed E-state index contributed by atoms with van der Waals surface area (Å²) in [6.45, 7) is -2.21. The van der Waals surface area contributed by atoms with Crippen LogP contribution in [0.5, 0.6) is 0 Å². The molecule has 17 heteroatoms. The molecule has 13 N–H and O–H groups in total. The zero-order valence-corrected chi connectivity index (χ0v) is 20.0. The molecule has 0 radical (unpaired) electrons. The molecule has 0 bridgehead atoms. The summed E-state index contributed by atoms with van der Waals surface area (Å²) in [5, 5.41) is 103. The average molecular weight is 547 g/mol. The first kappa shape index (κ1) is 32.1. The standard InChI is InChI=1S/C20H38N2O15/c1-6(27)22-7(2-23)12(29)17(8(28)3-24)36-20-16(33)18(14(31)10(5-26)35-20)37-19-11(21)15(32)13(30)9(4-25)34-19/h7-20,23-26,28-33H,2-5,21H2,1H3,(H,22,27)/t7-,8+,9+,10+,11+,12+,13+,14-,15+,16+,17+,18-,19-,20-/m0/s1. The van der Waals surface area contributed by atoms with Gasteiger partial charge in [0.15, 0.2) is 12.6 Å². The van der Waals surface area contributed by atoms with Crippen LogP contribution in [0.2, 0.25) is 0 Å². The topological polar surface area (TPSA) is 294 Å². The van der Waals surface area contributed by atoms with Gasteiger partial charge in [-0.3, -0.25) is 4.79 Å². The summed E-state index contributed by atoms with van der Waals surface area (Å²) in [5.74, 6) is -0.640. The van der Waals surface area contributed by atoms with Crippen LogP contribution >= 0.6 is 0 Å². The molecule has 0 spiro atoms. The molecule has 2 rings (SSSR count).